The van der Waals surface area contributed by atoms with Crippen LogP contribution in [0, 0.1) is 26.2 Å². The van der Waals surface area contributed by atoms with E-state index in [0.717, 1.165) is 25.8 Å². The topological polar surface area (TPSA) is 35.2 Å². The van der Waals surface area contributed by atoms with Crippen molar-refractivity contribution in [2.24, 2.45) is 5.73 Å². The summed E-state index contributed by atoms with van der Waals surface area (Å²) >= 11 is 1.73. The summed E-state index contributed by atoms with van der Waals surface area (Å²) in [6.07, 6.45) is 12.8. The van der Waals surface area contributed by atoms with Crippen LogP contribution >= 0.6 is 11.8 Å². The number of unbranched alkanes of at least 4 members (excludes halogenated alkanes) is 1. The number of rotatable bonds is 8. The van der Waals surface area contributed by atoms with Crippen LogP contribution in [0.1, 0.15) is 46.8 Å². The highest BCUT2D eigenvalue weighted by molar-refractivity contribution is 7.99. The molecule has 0 bridgehead atoms. The van der Waals surface area contributed by atoms with Gasteiger partial charge in [-0.1, -0.05) is 42.5 Å². The number of ether oxygens (including phenoxy) is 1. The minimum Gasteiger partial charge on any atom is -0.359 e. The smallest absolute Gasteiger partial charge is 0.107 e. The Labute approximate surface area is 168 Å². The van der Waals surface area contributed by atoms with E-state index in [-0.39, 0.29) is 11.5 Å². The van der Waals surface area contributed by atoms with E-state index in [0.29, 0.717) is 0 Å². The average Bonchev–Trinajstić information content (AvgIpc) is 2.71. The van der Waals surface area contributed by atoms with Crippen LogP contribution in [0.3, 0.4) is 0 Å². The zero-order valence-electron chi connectivity index (χ0n) is 16.4. The molecule has 3 heteroatoms. The largest absolute Gasteiger partial charge is 0.359 e. The summed E-state index contributed by atoms with van der Waals surface area (Å²) in [5, 5.41) is 0. The van der Waals surface area contributed by atoms with E-state index in [1.54, 1.807) is 11.8 Å². The molecule has 3 rings (SSSR count). The summed E-state index contributed by atoms with van der Waals surface area (Å²) in [4.78, 5) is 0. The molecule has 0 amide bonds. The lowest BCUT2D eigenvalue weighted by Gasteiger charge is -2.29. The molecule has 1 aliphatic rings. The molecule has 0 saturated carbocycles. The van der Waals surface area contributed by atoms with Gasteiger partial charge in [-0.05, 0) is 86.1 Å². The first kappa shape index (κ1) is 20.4. The molecule has 2 nitrogen and oxygen atoms in total. The molecule has 1 heterocycles. The summed E-state index contributed by atoms with van der Waals surface area (Å²) in [7, 11) is 0. The Morgan fingerprint density at radius 2 is 1.78 bits per heavy atom. The monoisotopic (exact) mass is 380 g/mol. The van der Waals surface area contributed by atoms with Gasteiger partial charge in [0.1, 0.15) is 5.44 Å². The predicted octanol–water partition coefficient (Wildman–Crippen LogP) is 5.24. The summed E-state index contributed by atoms with van der Waals surface area (Å²) < 4.78 is 6.14. The maximum atomic E-state index is 6.14. The molecule has 0 unspecified atom stereocenters. The Bertz CT molecular complexity index is 713. The number of benzene rings is 2. The standard InChI is InChI=1S/C24H30NOS/c1-18-9-14-21(23-7-5-8-24(26-23)27-2)17-22(18)16-20-12-10-19(11-13-20)6-3-4-15-25/h5,7-14,17,23-24H,3-4,6,15-16,25H2,1-2H3/t23-,24+/m0/s1. The van der Waals surface area contributed by atoms with E-state index >= 15 is 0 Å². The van der Waals surface area contributed by atoms with Crippen LogP contribution in [-0.2, 0) is 17.6 Å². The number of hydrogen-bond donors (Lipinski definition) is 1. The molecule has 1 fully saturated rings. The fourth-order valence-electron chi connectivity index (χ4n) is 3.39. The van der Waals surface area contributed by atoms with E-state index in [4.69, 9.17) is 10.5 Å². The molecular weight excluding hydrogens is 350 g/mol. The molecule has 27 heavy (non-hydrogen) atoms. The summed E-state index contributed by atoms with van der Waals surface area (Å²) in [6, 6.07) is 15.8. The van der Waals surface area contributed by atoms with Crippen LogP contribution in [-0.4, -0.2) is 18.2 Å². The van der Waals surface area contributed by atoms with E-state index in [9.17, 15) is 0 Å². The molecule has 1 saturated heterocycles. The quantitative estimate of drug-likeness (QED) is 0.636. The average molecular weight is 381 g/mol. The number of aryl methyl sites for hydroxylation is 2. The van der Waals surface area contributed by atoms with Crippen molar-refractivity contribution < 1.29 is 4.74 Å². The molecule has 143 valence electrons. The predicted molar refractivity (Wildman–Crippen MR) is 116 cm³/mol. The fraction of sp³-hybridized carbons (Fsp3) is 0.375. The maximum Gasteiger partial charge on any atom is 0.107 e. The lowest BCUT2D eigenvalue weighted by atomic mass is 9.93. The van der Waals surface area contributed by atoms with Crippen molar-refractivity contribution in [3.63, 3.8) is 0 Å². The summed E-state index contributed by atoms with van der Waals surface area (Å²) in [5.41, 5.74) is 12.4. The van der Waals surface area contributed by atoms with E-state index in [2.05, 4.69) is 74.9 Å². The van der Waals surface area contributed by atoms with Crippen molar-refractivity contribution in [3.05, 3.63) is 89.5 Å². The van der Waals surface area contributed by atoms with Crippen LogP contribution in [0.25, 0.3) is 0 Å². The SMILES string of the molecule is CS[C@@H]1[CH][CH][CH][C@@H](c2ccc(C)c(Cc3ccc(CCCCN)cc3)c2)O1. The Morgan fingerprint density at radius 3 is 2.52 bits per heavy atom. The fourth-order valence-corrected chi connectivity index (χ4v) is 3.87. The Hall–Kier alpha value is -1.29. The van der Waals surface area contributed by atoms with Gasteiger partial charge in [0.25, 0.3) is 0 Å². The van der Waals surface area contributed by atoms with E-state index < -0.39 is 0 Å². The first-order chi connectivity index (χ1) is 13.2. The zero-order valence-corrected chi connectivity index (χ0v) is 17.2. The Balaban J connectivity index is 1.67. The van der Waals surface area contributed by atoms with Crippen LogP contribution in [0.2, 0.25) is 0 Å². The lowest BCUT2D eigenvalue weighted by Crippen LogP contribution is -2.21. The van der Waals surface area contributed by atoms with Crippen LogP contribution in [0.5, 0.6) is 0 Å². The Kier molecular flexibility index (Phi) is 7.81. The van der Waals surface area contributed by atoms with Crippen molar-refractivity contribution in [2.45, 2.75) is 44.1 Å². The highest BCUT2D eigenvalue weighted by Crippen LogP contribution is 2.34. The third kappa shape index (κ3) is 5.84. The summed E-state index contributed by atoms with van der Waals surface area (Å²) in [5.74, 6) is 0. The number of hydrogen-bond acceptors (Lipinski definition) is 3. The van der Waals surface area contributed by atoms with Crippen molar-refractivity contribution >= 4 is 11.8 Å². The van der Waals surface area contributed by atoms with E-state index in [1.165, 1.54) is 34.2 Å². The van der Waals surface area contributed by atoms with Crippen molar-refractivity contribution in [1.82, 2.24) is 0 Å². The minimum absolute atomic E-state index is 0.0386. The molecule has 0 aromatic heterocycles. The molecule has 2 atom stereocenters. The van der Waals surface area contributed by atoms with Crippen molar-refractivity contribution in [2.75, 3.05) is 12.8 Å². The normalized spacial score (nSPS) is 20.0. The second-order valence-electron chi connectivity index (χ2n) is 7.16. The van der Waals surface area contributed by atoms with Crippen LogP contribution in [0.15, 0.2) is 42.5 Å². The van der Waals surface area contributed by atoms with Gasteiger partial charge >= 0.3 is 0 Å². The van der Waals surface area contributed by atoms with Gasteiger partial charge in [0.2, 0.25) is 0 Å². The molecule has 2 aromatic rings. The van der Waals surface area contributed by atoms with Gasteiger partial charge in [-0.25, -0.2) is 0 Å². The molecule has 0 spiro atoms. The first-order valence-corrected chi connectivity index (χ1v) is 11.1. The van der Waals surface area contributed by atoms with Gasteiger partial charge in [-0.2, -0.15) is 0 Å². The molecule has 0 aliphatic carbocycles. The molecular formula is C24H30NOS. The van der Waals surface area contributed by atoms with Crippen LogP contribution in [0.4, 0.5) is 0 Å². The second kappa shape index (κ2) is 10.3. The number of thioether (sulfide) groups is 1. The highest BCUT2D eigenvalue weighted by atomic mass is 32.2. The lowest BCUT2D eigenvalue weighted by molar-refractivity contribution is 0.0620. The highest BCUT2D eigenvalue weighted by Gasteiger charge is 2.24. The molecule has 2 aromatic carbocycles. The number of nitrogens with two attached hydrogens (primary N) is 1. The Morgan fingerprint density at radius 1 is 1.00 bits per heavy atom. The van der Waals surface area contributed by atoms with Crippen LogP contribution < -0.4 is 5.73 Å². The van der Waals surface area contributed by atoms with Gasteiger partial charge in [-0.3, -0.25) is 0 Å². The minimum atomic E-state index is 0.0386. The van der Waals surface area contributed by atoms with E-state index in [1.807, 2.05) is 0 Å². The molecule has 1 aliphatic heterocycles. The van der Waals surface area contributed by atoms with Gasteiger partial charge in [0.15, 0.2) is 0 Å². The summed E-state index contributed by atoms with van der Waals surface area (Å²) in [6.45, 7) is 2.97. The first-order valence-electron chi connectivity index (χ1n) is 9.77. The zero-order chi connectivity index (χ0) is 19.1. The van der Waals surface area contributed by atoms with Gasteiger partial charge in [0.05, 0.1) is 6.10 Å². The molecule has 2 N–H and O–H groups in total. The van der Waals surface area contributed by atoms with Crippen molar-refractivity contribution in [1.29, 1.82) is 0 Å². The third-order valence-corrected chi connectivity index (χ3v) is 5.84. The third-order valence-electron chi connectivity index (χ3n) is 5.11. The second-order valence-corrected chi connectivity index (χ2v) is 8.10. The molecule has 3 radical (unpaired) electrons. The maximum absolute atomic E-state index is 6.14. The van der Waals surface area contributed by atoms with Gasteiger partial charge < -0.3 is 10.5 Å². The van der Waals surface area contributed by atoms with Gasteiger partial charge in [0, 0.05) is 6.42 Å². The van der Waals surface area contributed by atoms with Gasteiger partial charge in [-0.15, -0.1) is 11.8 Å². The van der Waals surface area contributed by atoms with Crippen molar-refractivity contribution in [3.8, 4) is 0 Å².